The Bertz CT molecular complexity index is 1420. The number of pyridine rings is 2. The number of nitrogens with zero attached hydrogens (tertiary/aromatic N) is 4. The van der Waals surface area contributed by atoms with Gasteiger partial charge in [-0.2, -0.15) is 5.10 Å². The minimum atomic E-state index is -0.104. The fraction of sp³-hybridized carbons (Fsp3) is 0.130. The van der Waals surface area contributed by atoms with E-state index in [1.807, 2.05) is 41.8 Å². The zero-order valence-corrected chi connectivity index (χ0v) is 17.1. The van der Waals surface area contributed by atoms with Gasteiger partial charge >= 0.3 is 0 Å². The molecular formula is C23H18N4O2S. The van der Waals surface area contributed by atoms with Crippen LogP contribution in [0.1, 0.15) is 5.69 Å². The maximum absolute atomic E-state index is 13.2. The van der Waals surface area contributed by atoms with E-state index in [4.69, 9.17) is 9.72 Å². The van der Waals surface area contributed by atoms with Crippen molar-refractivity contribution in [1.82, 2.24) is 19.7 Å². The third-order valence-corrected chi connectivity index (χ3v) is 5.99. The highest BCUT2D eigenvalue weighted by Gasteiger charge is 2.14. The van der Waals surface area contributed by atoms with E-state index in [1.165, 1.54) is 16.0 Å². The molecule has 0 atom stereocenters. The summed E-state index contributed by atoms with van der Waals surface area (Å²) in [5, 5.41) is 8.11. The SMILES string of the molecule is COc1cncc(-c2csc3cnn(CCc4ccc5ccccc5n4)c(=O)c23)c1. The van der Waals surface area contributed by atoms with Crippen molar-refractivity contribution >= 4 is 32.3 Å². The lowest BCUT2D eigenvalue weighted by Crippen LogP contribution is -2.23. The highest BCUT2D eigenvalue weighted by atomic mass is 32.1. The number of fused-ring (bicyclic) bond motifs is 2. The van der Waals surface area contributed by atoms with Crippen LogP contribution in [0.4, 0.5) is 0 Å². The summed E-state index contributed by atoms with van der Waals surface area (Å²) in [6.07, 6.45) is 5.78. The van der Waals surface area contributed by atoms with Crippen molar-refractivity contribution in [3.8, 4) is 16.9 Å². The predicted octanol–water partition coefficient (Wildman–Crippen LogP) is 4.32. The fourth-order valence-electron chi connectivity index (χ4n) is 3.51. The van der Waals surface area contributed by atoms with Crippen LogP contribution >= 0.6 is 11.3 Å². The Morgan fingerprint density at radius 2 is 2.00 bits per heavy atom. The van der Waals surface area contributed by atoms with Crippen LogP contribution < -0.4 is 10.3 Å². The molecule has 4 aromatic heterocycles. The molecule has 0 bridgehead atoms. The molecule has 7 heteroatoms. The Labute approximate surface area is 176 Å². The first-order valence-corrected chi connectivity index (χ1v) is 10.4. The molecule has 6 nitrogen and oxygen atoms in total. The second kappa shape index (κ2) is 7.68. The van der Waals surface area contributed by atoms with Gasteiger partial charge in [-0.1, -0.05) is 24.3 Å². The summed E-state index contributed by atoms with van der Waals surface area (Å²) in [5.74, 6) is 0.656. The standard InChI is InChI=1S/C23H18N4O2S/c1-29-18-10-16(11-24-12-18)19-14-30-21-13-25-27(23(28)22(19)21)9-8-17-7-6-15-4-2-3-5-20(15)26-17/h2-7,10-14H,8-9H2,1H3. The molecule has 0 saturated heterocycles. The average Bonchev–Trinajstić information content (AvgIpc) is 3.23. The van der Waals surface area contributed by atoms with E-state index >= 15 is 0 Å². The number of benzene rings is 1. The third kappa shape index (κ3) is 3.33. The molecule has 30 heavy (non-hydrogen) atoms. The van der Waals surface area contributed by atoms with Gasteiger partial charge in [0.15, 0.2) is 0 Å². The Morgan fingerprint density at radius 3 is 2.90 bits per heavy atom. The quantitative estimate of drug-likeness (QED) is 0.428. The summed E-state index contributed by atoms with van der Waals surface area (Å²) in [4.78, 5) is 22.1. The van der Waals surface area contributed by atoms with Crippen LogP contribution in [0.5, 0.6) is 5.75 Å². The molecule has 148 valence electrons. The number of aryl methyl sites for hydroxylation is 2. The number of hydrogen-bond acceptors (Lipinski definition) is 6. The van der Waals surface area contributed by atoms with Crippen molar-refractivity contribution in [2.24, 2.45) is 0 Å². The first-order valence-electron chi connectivity index (χ1n) is 9.54. The predicted molar refractivity (Wildman–Crippen MR) is 119 cm³/mol. The van der Waals surface area contributed by atoms with Crippen LogP contribution in [0, 0.1) is 0 Å². The van der Waals surface area contributed by atoms with Gasteiger partial charge in [-0.3, -0.25) is 14.8 Å². The number of ether oxygens (including phenoxy) is 1. The molecular weight excluding hydrogens is 396 g/mol. The molecule has 0 unspecified atom stereocenters. The molecule has 0 aliphatic carbocycles. The van der Waals surface area contributed by atoms with Crippen LogP contribution in [0.3, 0.4) is 0 Å². The zero-order chi connectivity index (χ0) is 20.5. The number of aromatic nitrogens is 4. The number of thiophene rings is 1. The highest BCUT2D eigenvalue weighted by Crippen LogP contribution is 2.32. The third-order valence-electron chi connectivity index (χ3n) is 5.08. The monoisotopic (exact) mass is 414 g/mol. The smallest absolute Gasteiger partial charge is 0.276 e. The minimum absolute atomic E-state index is 0.104. The summed E-state index contributed by atoms with van der Waals surface area (Å²) in [6, 6.07) is 14.0. The number of hydrogen-bond donors (Lipinski definition) is 0. The summed E-state index contributed by atoms with van der Waals surface area (Å²) in [6.45, 7) is 0.464. The van der Waals surface area contributed by atoms with Crippen molar-refractivity contribution in [3.63, 3.8) is 0 Å². The summed E-state index contributed by atoms with van der Waals surface area (Å²) >= 11 is 1.50. The number of para-hydroxylation sites is 1. The van der Waals surface area contributed by atoms with Crippen LogP contribution in [0.2, 0.25) is 0 Å². The molecule has 0 amide bonds. The van der Waals surface area contributed by atoms with Gasteiger partial charge in [0.25, 0.3) is 5.56 Å². The van der Waals surface area contributed by atoms with Crippen molar-refractivity contribution < 1.29 is 4.74 Å². The largest absolute Gasteiger partial charge is 0.495 e. The molecule has 0 radical (unpaired) electrons. The Morgan fingerprint density at radius 1 is 1.10 bits per heavy atom. The molecule has 5 aromatic rings. The average molecular weight is 414 g/mol. The van der Waals surface area contributed by atoms with E-state index < -0.39 is 0 Å². The maximum Gasteiger partial charge on any atom is 0.276 e. The summed E-state index contributed by atoms with van der Waals surface area (Å²) in [5.41, 5.74) is 3.49. The van der Waals surface area contributed by atoms with Crippen LogP contribution in [0.25, 0.3) is 32.1 Å². The molecule has 0 fully saturated rings. The van der Waals surface area contributed by atoms with E-state index in [1.54, 1.807) is 25.7 Å². The molecule has 0 aliphatic heterocycles. The normalized spacial score (nSPS) is 11.2. The zero-order valence-electron chi connectivity index (χ0n) is 16.3. The molecule has 0 spiro atoms. The van der Waals surface area contributed by atoms with E-state index in [-0.39, 0.29) is 5.56 Å². The van der Waals surface area contributed by atoms with Crippen molar-refractivity contribution in [3.05, 3.63) is 82.5 Å². The van der Waals surface area contributed by atoms with E-state index in [0.717, 1.165) is 32.4 Å². The van der Waals surface area contributed by atoms with Gasteiger partial charge in [-0.05, 0) is 18.2 Å². The molecule has 1 aromatic carbocycles. The number of methoxy groups -OCH3 is 1. The Kier molecular flexibility index (Phi) is 4.72. The molecule has 5 rings (SSSR count). The van der Waals surface area contributed by atoms with Crippen molar-refractivity contribution in [1.29, 1.82) is 0 Å². The van der Waals surface area contributed by atoms with E-state index in [2.05, 4.69) is 16.1 Å². The van der Waals surface area contributed by atoms with Gasteiger partial charge in [0.1, 0.15) is 5.75 Å². The fourth-order valence-corrected chi connectivity index (χ4v) is 4.43. The lowest BCUT2D eigenvalue weighted by Gasteiger charge is -2.07. The van der Waals surface area contributed by atoms with Gasteiger partial charge in [0.05, 0.1) is 41.7 Å². The Hall–Kier alpha value is -3.58. The lowest BCUT2D eigenvalue weighted by molar-refractivity contribution is 0.413. The second-order valence-corrected chi connectivity index (χ2v) is 7.83. The second-order valence-electron chi connectivity index (χ2n) is 6.92. The number of rotatable bonds is 5. The van der Waals surface area contributed by atoms with E-state index in [0.29, 0.717) is 24.1 Å². The molecule has 0 aliphatic rings. The maximum atomic E-state index is 13.2. The van der Waals surface area contributed by atoms with Gasteiger partial charge in [-0.15, -0.1) is 11.3 Å². The van der Waals surface area contributed by atoms with Crippen LogP contribution in [0.15, 0.2) is 71.2 Å². The van der Waals surface area contributed by atoms with Gasteiger partial charge in [-0.25, -0.2) is 4.68 Å². The van der Waals surface area contributed by atoms with Crippen LogP contribution in [-0.2, 0) is 13.0 Å². The Balaban J connectivity index is 1.49. The molecule has 0 N–H and O–H groups in total. The minimum Gasteiger partial charge on any atom is -0.495 e. The lowest BCUT2D eigenvalue weighted by atomic mass is 10.1. The topological polar surface area (TPSA) is 69.9 Å². The van der Waals surface area contributed by atoms with Gasteiger partial charge < -0.3 is 4.74 Å². The van der Waals surface area contributed by atoms with Crippen molar-refractivity contribution in [2.45, 2.75) is 13.0 Å². The van der Waals surface area contributed by atoms with Gasteiger partial charge in [0, 0.05) is 40.2 Å². The van der Waals surface area contributed by atoms with Gasteiger partial charge in [0.2, 0.25) is 0 Å². The van der Waals surface area contributed by atoms with Crippen molar-refractivity contribution in [2.75, 3.05) is 7.11 Å². The summed E-state index contributed by atoms with van der Waals surface area (Å²) < 4.78 is 7.65. The van der Waals surface area contributed by atoms with Crippen LogP contribution in [-0.4, -0.2) is 26.9 Å². The first-order chi connectivity index (χ1) is 14.7. The van der Waals surface area contributed by atoms with E-state index in [9.17, 15) is 4.79 Å². The molecule has 4 heterocycles. The highest BCUT2D eigenvalue weighted by molar-refractivity contribution is 7.17. The summed E-state index contributed by atoms with van der Waals surface area (Å²) in [7, 11) is 1.60. The molecule has 0 saturated carbocycles. The first kappa shape index (κ1) is 18.4.